The van der Waals surface area contributed by atoms with Crippen molar-refractivity contribution in [3.05, 3.63) is 12.5 Å². The maximum atomic E-state index is 10.4. The molecule has 2 atom stereocenters. The predicted molar refractivity (Wildman–Crippen MR) is 74.9 cm³/mol. The lowest BCUT2D eigenvalue weighted by Crippen LogP contribution is -2.40. The fourth-order valence-electron chi connectivity index (χ4n) is 1.97. The van der Waals surface area contributed by atoms with Gasteiger partial charge in [0.05, 0.1) is 11.0 Å². The molecule has 2 aromatic rings. The van der Waals surface area contributed by atoms with Crippen LogP contribution in [0.1, 0.15) is 27.2 Å². The second-order valence-corrected chi connectivity index (χ2v) is 5.28. The van der Waals surface area contributed by atoms with Gasteiger partial charge in [-0.2, -0.15) is 5.10 Å². The molecule has 6 heteroatoms. The summed E-state index contributed by atoms with van der Waals surface area (Å²) in [7, 11) is 1.85. The Morgan fingerprint density at radius 1 is 1.47 bits per heavy atom. The van der Waals surface area contributed by atoms with Crippen LogP contribution in [0.5, 0.6) is 0 Å². The highest BCUT2D eigenvalue weighted by molar-refractivity contribution is 5.85. The quantitative estimate of drug-likeness (QED) is 0.856. The average Bonchev–Trinajstić information content (AvgIpc) is 2.75. The van der Waals surface area contributed by atoms with Gasteiger partial charge in [0.2, 0.25) is 0 Å². The molecule has 0 bridgehead atoms. The first kappa shape index (κ1) is 13.7. The molecule has 0 radical (unpaired) electrons. The van der Waals surface area contributed by atoms with E-state index < -0.39 is 5.60 Å². The molecule has 2 rings (SSSR count). The molecule has 0 amide bonds. The summed E-state index contributed by atoms with van der Waals surface area (Å²) in [4.78, 5) is 8.33. The Balaban J connectivity index is 2.18. The van der Waals surface area contributed by atoms with E-state index in [9.17, 15) is 5.11 Å². The Labute approximate surface area is 112 Å². The van der Waals surface area contributed by atoms with Crippen molar-refractivity contribution in [2.24, 2.45) is 13.0 Å². The van der Waals surface area contributed by atoms with Gasteiger partial charge in [-0.1, -0.05) is 20.3 Å². The number of nitrogens with zero attached hydrogens (tertiary/aromatic N) is 4. The minimum Gasteiger partial charge on any atom is -0.388 e. The fourth-order valence-corrected chi connectivity index (χ4v) is 1.97. The topological polar surface area (TPSA) is 75.9 Å². The molecule has 0 aliphatic carbocycles. The summed E-state index contributed by atoms with van der Waals surface area (Å²) in [6.07, 6.45) is 4.28. The van der Waals surface area contributed by atoms with Gasteiger partial charge < -0.3 is 10.4 Å². The van der Waals surface area contributed by atoms with Crippen molar-refractivity contribution in [2.45, 2.75) is 32.8 Å². The van der Waals surface area contributed by atoms with Crippen molar-refractivity contribution < 1.29 is 5.11 Å². The number of fused-ring (bicyclic) bond motifs is 1. The maximum Gasteiger partial charge on any atom is 0.186 e. The van der Waals surface area contributed by atoms with Gasteiger partial charge >= 0.3 is 0 Å². The molecule has 0 aliphatic rings. The van der Waals surface area contributed by atoms with Crippen molar-refractivity contribution in [3.8, 4) is 0 Å². The van der Waals surface area contributed by atoms with Crippen molar-refractivity contribution >= 4 is 16.9 Å². The van der Waals surface area contributed by atoms with E-state index >= 15 is 0 Å². The van der Waals surface area contributed by atoms with Crippen LogP contribution in [0.25, 0.3) is 11.0 Å². The lowest BCUT2D eigenvalue weighted by atomic mass is 9.89. The van der Waals surface area contributed by atoms with Gasteiger partial charge in [-0.15, -0.1) is 0 Å². The summed E-state index contributed by atoms with van der Waals surface area (Å²) in [5.41, 5.74) is -0.114. The van der Waals surface area contributed by atoms with Crippen LogP contribution >= 0.6 is 0 Å². The van der Waals surface area contributed by atoms with Crippen LogP contribution in [-0.4, -0.2) is 37.0 Å². The highest BCUT2D eigenvalue weighted by Crippen LogP contribution is 2.22. The van der Waals surface area contributed by atoms with E-state index in [0.29, 0.717) is 18.0 Å². The largest absolute Gasteiger partial charge is 0.388 e. The van der Waals surface area contributed by atoms with E-state index in [4.69, 9.17) is 0 Å². The molecule has 19 heavy (non-hydrogen) atoms. The zero-order valence-electron chi connectivity index (χ0n) is 11.9. The Bertz CT molecular complexity index is 563. The first-order valence-corrected chi connectivity index (χ1v) is 6.54. The zero-order chi connectivity index (χ0) is 14.0. The van der Waals surface area contributed by atoms with Gasteiger partial charge in [-0.3, -0.25) is 4.68 Å². The molecular formula is C13H21N5O. The number of aliphatic hydroxyl groups is 1. The number of hydrogen-bond acceptors (Lipinski definition) is 5. The number of rotatable bonds is 5. The molecule has 0 aliphatic heterocycles. The van der Waals surface area contributed by atoms with E-state index in [-0.39, 0.29) is 5.92 Å². The van der Waals surface area contributed by atoms with Crippen LogP contribution in [0.3, 0.4) is 0 Å². The summed E-state index contributed by atoms with van der Waals surface area (Å²) in [5.74, 6) is 0.924. The van der Waals surface area contributed by atoms with E-state index in [2.05, 4.69) is 27.3 Å². The third kappa shape index (κ3) is 2.84. The average molecular weight is 263 g/mol. The highest BCUT2D eigenvalue weighted by Gasteiger charge is 2.27. The molecule has 6 nitrogen and oxygen atoms in total. The number of anilines is 1. The van der Waals surface area contributed by atoms with E-state index in [1.807, 2.05) is 27.1 Å². The second-order valence-electron chi connectivity index (χ2n) is 5.28. The Kier molecular flexibility index (Phi) is 3.71. The van der Waals surface area contributed by atoms with Crippen LogP contribution in [0.2, 0.25) is 0 Å². The van der Waals surface area contributed by atoms with Gasteiger partial charge in [-0.25, -0.2) is 9.97 Å². The molecule has 2 unspecified atom stereocenters. The molecule has 0 saturated heterocycles. The SMILES string of the molecule is CCC(C)C(C)(O)CNc1ncnc2nn(C)cc12. The van der Waals surface area contributed by atoms with E-state index in [1.165, 1.54) is 6.33 Å². The molecule has 104 valence electrons. The predicted octanol–water partition coefficient (Wildman–Crippen LogP) is 1.57. The Morgan fingerprint density at radius 2 is 2.21 bits per heavy atom. The van der Waals surface area contributed by atoms with Crippen molar-refractivity contribution in [3.63, 3.8) is 0 Å². The molecule has 0 saturated carbocycles. The first-order valence-electron chi connectivity index (χ1n) is 6.54. The molecule has 0 spiro atoms. The van der Waals surface area contributed by atoms with Crippen LogP contribution in [0.15, 0.2) is 12.5 Å². The summed E-state index contributed by atoms with van der Waals surface area (Å²) in [6, 6.07) is 0. The van der Waals surface area contributed by atoms with Gasteiger partial charge in [0, 0.05) is 19.8 Å². The highest BCUT2D eigenvalue weighted by atomic mass is 16.3. The summed E-state index contributed by atoms with van der Waals surface area (Å²) in [6.45, 7) is 6.41. The fraction of sp³-hybridized carbons (Fsp3) is 0.615. The molecule has 0 aromatic carbocycles. The van der Waals surface area contributed by atoms with Crippen molar-refractivity contribution in [1.82, 2.24) is 19.7 Å². The van der Waals surface area contributed by atoms with Gasteiger partial charge in [0.1, 0.15) is 12.1 Å². The zero-order valence-corrected chi connectivity index (χ0v) is 11.9. The summed E-state index contributed by atoms with van der Waals surface area (Å²) >= 11 is 0. The molecule has 2 heterocycles. The van der Waals surface area contributed by atoms with Crippen molar-refractivity contribution in [2.75, 3.05) is 11.9 Å². The molecule has 2 aromatic heterocycles. The monoisotopic (exact) mass is 263 g/mol. The molecular weight excluding hydrogens is 242 g/mol. The minimum absolute atomic E-state index is 0.214. The number of hydrogen-bond donors (Lipinski definition) is 2. The summed E-state index contributed by atoms with van der Waals surface area (Å²) < 4.78 is 1.71. The van der Waals surface area contributed by atoms with Gasteiger partial charge in [-0.05, 0) is 12.8 Å². The minimum atomic E-state index is -0.770. The smallest absolute Gasteiger partial charge is 0.186 e. The lowest BCUT2D eigenvalue weighted by molar-refractivity contribution is 0.0175. The normalized spacial score (nSPS) is 16.3. The number of aromatic nitrogens is 4. The lowest BCUT2D eigenvalue weighted by Gasteiger charge is -2.30. The third-order valence-electron chi connectivity index (χ3n) is 3.72. The third-order valence-corrected chi connectivity index (χ3v) is 3.72. The number of aryl methyl sites for hydroxylation is 1. The Hall–Kier alpha value is -1.69. The van der Waals surface area contributed by atoms with Crippen LogP contribution < -0.4 is 5.32 Å². The van der Waals surface area contributed by atoms with Crippen LogP contribution in [0, 0.1) is 5.92 Å². The molecule has 2 N–H and O–H groups in total. The van der Waals surface area contributed by atoms with E-state index in [0.717, 1.165) is 11.8 Å². The van der Waals surface area contributed by atoms with Crippen molar-refractivity contribution in [1.29, 1.82) is 0 Å². The molecule has 0 fully saturated rings. The maximum absolute atomic E-state index is 10.4. The van der Waals surface area contributed by atoms with Gasteiger partial charge in [0.15, 0.2) is 5.65 Å². The second kappa shape index (κ2) is 5.13. The van der Waals surface area contributed by atoms with Crippen LogP contribution in [0.4, 0.5) is 5.82 Å². The standard InChI is InChI=1S/C13H21N5O/c1-5-9(2)13(3,19)7-14-11-10-6-18(4)17-12(10)16-8-15-11/h6,8-9,19H,5,7H2,1-4H3,(H,14,15,16,17). The van der Waals surface area contributed by atoms with E-state index in [1.54, 1.807) is 4.68 Å². The first-order chi connectivity index (χ1) is 8.94. The van der Waals surface area contributed by atoms with Gasteiger partial charge in [0.25, 0.3) is 0 Å². The summed E-state index contributed by atoms with van der Waals surface area (Å²) in [5, 5.41) is 18.7. The van der Waals surface area contributed by atoms with Crippen LogP contribution in [-0.2, 0) is 7.05 Å². The number of nitrogens with one attached hydrogen (secondary N) is 1. The Morgan fingerprint density at radius 3 is 2.89 bits per heavy atom.